The van der Waals surface area contributed by atoms with E-state index in [1.165, 1.54) is 0 Å². The van der Waals surface area contributed by atoms with Crippen molar-refractivity contribution in [1.29, 1.82) is 0 Å². The van der Waals surface area contributed by atoms with Gasteiger partial charge in [0.1, 0.15) is 10.7 Å². The van der Waals surface area contributed by atoms with Gasteiger partial charge in [0.05, 0.1) is 12.8 Å². The largest absolute Gasteiger partial charge is 0.463 e. The van der Waals surface area contributed by atoms with Crippen molar-refractivity contribution >= 4 is 16.0 Å². The van der Waals surface area contributed by atoms with Crippen LogP contribution in [0.5, 0.6) is 6.01 Å². The molecule has 0 radical (unpaired) electrons. The maximum Gasteiger partial charge on any atom is 0.337 e. The van der Waals surface area contributed by atoms with E-state index < -0.39 is 15.8 Å². The van der Waals surface area contributed by atoms with E-state index in [-0.39, 0.29) is 16.9 Å². The molecule has 2 heterocycles. The molecule has 2 aromatic heterocycles. The molecule has 0 aliphatic heterocycles. The first-order valence-corrected chi connectivity index (χ1v) is 6.68. The van der Waals surface area contributed by atoms with Crippen molar-refractivity contribution in [3.05, 3.63) is 24.3 Å². The van der Waals surface area contributed by atoms with Crippen molar-refractivity contribution in [3.63, 3.8) is 0 Å². The predicted molar refractivity (Wildman–Crippen MR) is 62.6 cm³/mol. The van der Waals surface area contributed by atoms with Crippen molar-refractivity contribution in [3.8, 4) is 6.01 Å². The average molecular weight is 287 g/mol. The molecule has 0 amide bonds. The van der Waals surface area contributed by atoms with Gasteiger partial charge in [0, 0.05) is 6.20 Å². The number of rotatable bonds is 5. The molecule has 10 heteroatoms. The standard InChI is InChI=1S/C9H10FN5O3S/c1-2-18-9-12-8(13-14-9)15-19(16,17)7-3-6(10)4-11-5-7/h3-5H,2H2,1H3,(H2,12,13,14,15). The highest BCUT2D eigenvalue weighted by atomic mass is 32.2. The minimum atomic E-state index is -3.98. The molecule has 2 N–H and O–H groups in total. The third-order valence-electron chi connectivity index (χ3n) is 1.96. The summed E-state index contributed by atoms with van der Waals surface area (Å²) in [6, 6.07) is 0.854. The van der Waals surface area contributed by atoms with Crippen LogP contribution in [0.3, 0.4) is 0 Å². The Balaban J connectivity index is 2.21. The summed E-state index contributed by atoms with van der Waals surface area (Å²) in [7, 11) is -3.98. The molecule has 0 aliphatic carbocycles. The molecular weight excluding hydrogens is 277 g/mol. The Morgan fingerprint density at radius 1 is 1.47 bits per heavy atom. The molecule has 0 spiro atoms. The lowest BCUT2D eigenvalue weighted by molar-refractivity contribution is 0.314. The van der Waals surface area contributed by atoms with Gasteiger partial charge in [-0.2, -0.15) is 4.98 Å². The molecule has 0 aliphatic rings. The monoisotopic (exact) mass is 287 g/mol. The minimum Gasteiger partial charge on any atom is -0.463 e. The summed E-state index contributed by atoms with van der Waals surface area (Å²) in [4.78, 5) is 6.88. The lowest BCUT2D eigenvalue weighted by Crippen LogP contribution is -2.14. The number of H-pyrrole nitrogens is 1. The Morgan fingerprint density at radius 3 is 2.95 bits per heavy atom. The van der Waals surface area contributed by atoms with E-state index in [2.05, 4.69) is 24.9 Å². The second kappa shape index (κ2) is 5.18. The number of nitrogens with zero attached hydrogens (tertiary/aromatic N) is 3. The molecule has 0 saturated heterocycles. The molecule has 19 heavy (non-hydrogen) atoms. The van der Waals surface area contributed by atoms with Gasteiger partial charge in [-0.25, -0.2) is 22.6 Å². The molecule has 0 fully saturated rings. The van der Waals surface area contributed by atoms with Crippen LogP contribution in [0.25, 0.3) is 0 Å². The highest BCUT2D eigenvalue weighted by molar-refractivity contribution is 7.92. The summed E-state index contributed by atoms with van der Waals surface area (Å²) in [5.41, 5.74) is 0. The Kier molecular flexibility index (Phi) is 3.60. The van der Waals surface area contributed by atoms with Crippen LogP contribution in [0.1, 0.15) is 6.92 Å². The number of pyridine rings is 1. The molecule has 0 unspecified atom stereocenters. The average Bonchev–Trinajstić information content (AvgIpc) is 2.76. The Morgan fingerprint density at radius 2 is 2.26 bits per heavy atom. The van der Waals surface area contributed by atoms with Gasteiger partial charge in [0.25, 0.3) is 10.0 Å². The second-order valence-corrected chi connectivity index (χ2v) is 5.03. The van der Waals surface area contributed by atoms with Crippen molar-refractivity contribution in [2.75, 3.05) is 11.3 Å². The number of aromatic amines is 1. The Bertz CT molecular complexity index is 672. The van der Waals surface area contributed by atoms with Gasteiger partial charge in [-0.3, -0.25) is 4.98 Å². The maximum absolute atomic E-state index is 12.9. The van der Waals surface area contributed by atoms with E-state index in [1.807, 2.05) is 0 Å². The third-order valence-corrected chi connectivity index (χ3v) is 3.27. The first-order chi connectivity index (χ1) is 9.01. The zero-order valence-electron chi connectivity index (χ0n) is 9.79. The number of ether oxygens (including phenoxy) is 1. The van der Waals surface area contributed by atoms with E-state index in [9.17, 15) is 12.8 Å². The van der Waals surface area contributed by atoms with Gasteiger partial charge in [0.2, 0.25) is 5.95 Å². The number of sulfonamides is 1. The first kappa shape index (κ1) is 13.2. The van der Waals surface area contributed by atoms with E-state index in [0.29, 0.717) is 6.61 Å². The fourth-order valence-corrected chi connectivity index (χ4v) is 2.14. The summed E-state index contributed by atoms with van der Waals surface area (Å²) in [5, 5.41) is 5.97. The van der Waals surface area contributed by atoms with Gasteiger partial charge in [-0.05, 0) is 13.0 Å². The summed E-state index contributed by atoms with van der Waals surface area (Å²) < 4.78 is 43.7. The van der Waals surface area contributed by atoms with Gasteiger partial charge >= 0.3 is 6.01 Å². The van der Waals surface area contributed by atoms with Crippen LogP contribution in [0, 0.1) is 5.82 Å². The van der Waals surface area contributed by atoms with Crippen LogP contribution in [0.2, 0.25) is 0 Å². The molecule has 0 aromatic carbocycles. The summed E-state index contributed by atoms with van der Waals surface area (Å²) in [6.45, 7) is 2.08. The summed E-state index contributed by atoms with van der Waals surface area (Å²) >= 11 is 0. The van der Waals surface area contributed by atoms with E-state index in [4.69, 9.17) is 4.74 Å². The molecule has 2 rings (SSSR count). The SMILES string of the molecule is CCOc1n[nH]c(NS(=O)(=O)c2cncc(F)c2)n1. The normalized spacial score (nSPS) is 11.3. The first-order valence-electron chi connectivity index (χ1n) is 5.20. The second-order valence-electron chi connectivity index (χ2n) is 3.34. The number of nitrogens with one attached hydrogen (secondary N) is 2. The quantitative estimate of drug-likeness (QED) is 0.830. The van der Waals surface area contributed by atoms with Gasteiger partial charge in [-0.1, -0.05) is 0 Å². The van der Waals surface area contributed by atoms with Crippen LogP contribution in [-0.2, 0) is 10.0 Å². The topological polar surface area (TPSA) is 110 Å². The van der Waals surface area contributed by atoms with Crippen LogP contribution in [0.15, 0.2) is 23.4 Å². The van der Waals surface area contributed by atoms with Gasteiger partial charge in [-0.15, -0.1) is 5.10 Å². The Hall–Kier alpha value is -2.23. The summed E-state index contributed by atoms with van der Waals surface area (Å²) in [6.07, 6.45) is 1.92. The van der Waals surface area contributed by atoms with Crippen LogP contribution in [0.4, 0.5) is 10.3 Å². The van der Waals surface area contributed by atoms with Crippen LogP contribution < -0.4 is 9.46 Å². The molecule has 0 atom stereocenters. The van der Waals surface area contributed by atoms with Crippen molar-refractivity contribution in [2.24, 2.45) is 0 Å². The third kappa shape index (κ3) is 3.16. The van der Waals surface area contributed by atoms with Crippen LogP contribution >= 0.6 is 0 Å². The number of anilines is 1. The minimum absolute atomic E-state index is 0.0116. The van der Waals surface area contributed by atoms with Gasteiger partial charge in [0.15, 0.2) is 0 Å². The zero-order valence-corrected chi connectivity index (χ0v) is 10.6. The van der Waals surface area contributed by atoms with Crippen molar-refractivity contribution in [1.82, 2.24) is 20.2 Å². The van der Waals surface area contributed by atoms with Gasteiger partial charge < -0.3 is 4.74 Å². The van der Waals surface area contributed by atoms with Crippen molar-refractivity contribution < 1.29 is 17.5 Å². The fourth-order valence-electron chi connectivity index (χ4n) is 1.21. The number of halogens is 1. The molecule has 0 bridgehead atoms. The highest BCUT2D eigenvalue weighted by Crippen LogP contribution is 2.14. The van der Waals surface area contributed by atoms with Crippen LogP contribution in [-0.4, -0.2) is 35.2 Å². The number of hydrogen-bond acceptors (Lipinski definition) is 6. The zero-order chi connectivity index (χ0) is 13.9. The fraction of sp³-hybridized carbons (Fsp3) is 0.222. The number of hydrogen-bond donors (Lipinski definition) is 2. The summed E-state index contributed by atoms with van der Waals surface area (Å²) in [5.74, 6) is -0.886. The van der Waals surface area contributed by atoms with E-state index in [0.717, 1.165) is 18.5 Å². The molecule has 2 aromatic rings. The lowest BCUT2D eigenvalue weighted by Gasteiger charge is -2.03. The van der Waals surface area contributed by atoms with Crippen molar-refractivity contribution in [2.45, 2.75) is 11.8 Å². The Labute approximate surface area is 108 Å². The molecular formula is C9H10FN5O3S. The smallest absolute Gasteiger partial charge is 0.337 e. The molecule has 102 valence electrons. The molecule has 8 nitrogen and oxygen atoms in total. The highest BCUT2D eigenvalue weighted by Gasteiger charge is 2.17. The lowest BCUT2D eigenvalue weighted by atomic mass is 10.5. The van der Waals surface area contributed by atoms with E-state index in [1.54, 1.807) is 6.92 Å². The van der Waals surface area contributed by atoms with E-state index >= 15 is 0 Å². The predicted octanol–water partition coefficient (Wildman–Crippen LogP) is 0.538. The maximum atomic E-state index is 12.9. The number of aromatic nitrogens is 4. The molecule has 0 saturated carbocycles.